The number of hydrogen-bond donors (Lipinski definition) is 3. The molecule has 6 nitrogen and oxygen atoms in total. The van der Waals surface area contributed by atoms with Gasteiger partial charge in [0.2, 0.25) is 11.9 Å². The minimum Gasteiger partial charge on any atom is -0.383 e. The minimum atomic E-state index is 0.0424. The average Bonchev–Trinajstić information content (AvgIpc) is 2.23. The van der Waals surface area contributed by atoms with E-state index in [1.165, 1.54) is 6.07 Å². The van der Waals surface area contributed by atoms with Crippen LogP contribution in [0.25, 0.3) is 0 Å². The SMILES string of the molecule is CCCC(=O)NCCNc1nc(N)cc(Cl)n1. The van der Waals surface area contributed by atoms with Crippen molar-refractivity contribution in [3.05, 3.63) is 11.2 Å². The highest BCUT2D eigenvalue weighted by molar-refractivity contribution is 6.29. The topological polar surface area (TPSA) is 92.9 Å². The van der Waals surface area contributed by atoms with E-state index in [0.29, 0.717) is 31.3 Å². The molecule has 0 aliphatic heterocycles. The molecule has 1 rings (SSSR count). The monoisotopic (exact) mass is 257 g/mol. The van der Waals surface area contributed by atoms with Crippen LogP contribution >= 0.6 is 11.6 Å². The van der Waals surface area contributed by atoms with Crippen LogP contribution in [0.1, 0.15) is 19.8 Å². The van der Waals surface area contributed by atoms with E-state index in [0.717, 1.165) is 6.42 Å². The second kappa shape index (κ2) is 6.90. The first kappa shape index (κ1) is 13.5. The molecule has 0 atom stereocenters. The third kappa shape index (κ3) is 5.35. The number of aromatic nitrogens is 2. The number of nitrogens with one attached hydrogen (secondary N) is 2. The summed E-state index contributed by atoms with van der Waals surface area (Å²) in [6, 6.07) is 1.47. The number of rotatable bonds is 6. The second-order valence-electron chi connectivity index (χ2n) is 3.47. The summed E-state index contributed by atoms with van der Waals surface area (Å²) in [6.07, 6.45) is 1.38. The van der Waals surface area contributed by atoms with Gasteiger partial charge < -0.3 is 16.4 Å². The lowest BCUT2D eigenvalue weighted by molar-refractivity contribution is -0.121. The van der Waals surface area contributed by atoms with Crippen LogP contribution in [0.5, 0.6) is 0 Å². The van der Waals surface area contributed by atoms with Crippen molar-refractivity contribution in [3.8, 4) is 0 Å². The molecule has 0 radical (unpaired) electrons. The molecule has 0 saturated heterocycles. The largest absolute Gasteiger partial charge is 0.383 e. The van der Waals surface area contributed by atoms with Gasteiger partial charge >= 0.3 is 0 Å². The summed E-state index contributed by atoms with van der Waals surface area (Å²) in [5.74, 6) is 0.711. The quantitative estimate of drug-likeness (QED) is 0.523. The Morgan fingerprint density at radius 2 is 2.24 bits per heavy atom. The molecule has 4 N–H and O–H groups in total. The molecule has 1 aromatic heterocycles. The van der Waals surface area contributed by atoms with Crippen molar-refractivity contribution in [2.75, 3.05) is 24.1 Å². The minimum absolute atomic E-state index is 0.0424. The van der Waals surface area contributed by atoms with E-state index in [1.54, 1.807) is 0 Å². The van der Waals surface area contributed by atoms with Gasteiger partial charge in [0, 0.05) is 25.6 Å². The summed E-state index contributed by atoms with van der Waals surface area (Å²) in [4.78, 5) is 19.0. The number of carbonyl (C=O) groups is 1. The molecule has 0 saturated carbocycles. The Morgan fingerprint density at radius 1 is 1.47 bits per heavy atom. The Bertz CT molecular complexity index is 365. The molecule has 0 fully saturated rings. The predicted molar refractivity (Wildman–Crippen MR) is 67.9 cm³/mol. The molecule has 0 aromatic carbocycles. The number of nitrogens with zero attached hydrogens (tertiary/aromatic N) is 2. The molecule has 17 heavy (non-hydrogen) atoms. The van der Waals surface area contributed by atoms with Gasteiger partial charge in [0.1, 0.15) is 11.0 Å². The molecule has 7 heteroatoms. The van der Waals surface area contributed by atoms with E-state index in [-0.39, 0.29) is 11.1 Å². The van der Waals surface area contributed by atoms with E-state index < -0.39 is 0 Å². The van der Waals surface area contributed by atoms with Crippen molar-refractivity contribution in [1.82, 2.24) is 15.3 Å². The maximum atomic E-state index is 11.2. The third-order valence-electron chi connectivity index (χ3n) is 1.92. The molecular formula is C10H16ClN5O. The zero-order valence-corrected chi connectivity index (χ0v) is 10.4. The van der Waals surface area contributed by atoms with Gasteiger partial charge in [-0.3, -0.25) is 4.79 Å². The maximum absolute atomic E-state index is 11.2. The summed E-state index contributed by atoms with van der Waals surface area (Å²) in [5.41, 5.74) is 5.51. The molecule has 0 unspecified atom stereocenters. The highest BCUT2D eigenvalue weighted by atomic mass is 35.5. The Balaban J connectivity index is 2.28. The number of nitrogen functional groups attached to an aromatic ring is 1. The summed E-state index contributed by atoms with van der Waals surface area (Å²) >= 11 is 5.71. The van der Waals surface area contributed by atoms with E-state index in [4.69, 9.17) is 17.3 Å². The lowest BCUT2D eigenvalue weighted by Crippen LogP contribution is -2.28. The lowest BCUT2D eigenvalue weighted by atomic mass is 10.3. The van der Waals surface area contributed by atoms with Gasteiger partial charge in [-0.05, 0) is 6.42 Å². The zero-order valence-electron chi connectivity index (χ0n) is 9.66. The fourth-order valence-electron chi connectivity index (χ4n) is 1.21. The number of hydrogen-bond acceptors (Lipinski definition) is 5. The van der Waals surface area contributed by atoms with Crippen LogP contribution in [0.15, 0.2) is 6.07 Å². The van der Waals surface area contributed by atoms with Gasteiger partial charge in [0.25, 0.3) is 0 Å². The van der Waals surface area contributed by atoms with Gasteiger partial charge in [-0.2, -0.15) is 4.98 Å². The van der Waals surface area contributed by atoms with Gasteiger partial charge in [0.05, 0.1) is 0 Å². The molecule has 1 heterocycles. The van der Waals surface area contributed by atoms with Crippen LogP contribution in [-0.2, 0) is 4.79 Å². The standard InChI is InChI=1S/C10H16ClN5O/c1-2-3-9(17)13-4-5-14-10-15-7(11)6-8(12)16-10/h6H,2-5H2,1H3,(H,13,17)(H3,12,14,15,16). The van der Waals surface area contributed by atoms with Crippen LogP contribution in [0.4, 0.5) is 11.8 Å². The molecule has 0 aliphatic carbocycles. The van der Waals surface area contributed by atoms with Crippen LogP contribution < -0.4 is 16.4 Å². The molecule has 1 amide bonds. The van der Waals surface area contributed by atoms with E-state index in [1.807, 2.05) is 6.92 Å². The smallest absolute Gasteiger partial charge is 0.226 e. The van der Waals surface area contributed by atoms with E-state index in [9.17, 15) is 4.79 Å². The molecule has 94 valence electrons. The molecule has 0 aliphatic rings. The molecule has 0 bridgehead atoms. The van der Waals surface area contributed by atoms with Crippen LogP contribution in [-0.4, -0.2) is 29.0 Å². The van der Waals surface area contributed by atoms with Crippen LogP contribution in [0.2, 0.25) is 5.15 Å². The van der Waals surface area contributed by atoms with Gasteiger partial charge in [-0.1, -0.05) is 18.5 Å². The summed E-state index contributed by atoms with van der Waals surface area (Å²) in [5, 5.41) is 5.97. The number of amides is 1. The summed E-state index contributed by atoms with van der Waals surface area (Å²) in [6.45, 7) is 2.99. The van der Waals surface area contributed by atoms with Crippen molar-refractivity contribution >= 4 is 29.3 Å². The van der Waals surface area contributed by atoms with Gasteiger partial charge in [-0.25, -0.2) is 4.98 Å². The number of nitrogens with two attached hydrogens (primary N) is 1. The first-order valence-electron chi connectivity index (χ1n) is 5.42. The Hall–Kier alpha value is -1.56. The highest BCUT2D eigenvalue weighted by Gasteiger charge is 2.01. The normalized spacial score (nSPS) is 10.0. The van der Waals surface area contributed by atoms with Crippen LogP contribution in [0, 0.1) is 0 Å². The van der Waals surface area contributed by atoms with Crippen molar-refractivity contribution in [3.63, 3.8) is 0 Å². The van der Waals surface area contributed by atoms with Gasteiger partial charge in [0.15, 0.2) is 0 Å². The predicted octanol–water partition coefficient (Wildman–Crippen LogP) is 1.04. The molecule has 0 spiro atoms. The number of halogens is 1. The first-order chi connectivity index (χ1) is 8.11. The Morgan fingerprint density at radius 3 is 2.88 bits per heavy atom. The van der Waals surface area contributed by atoms with Crippen molar-refractivity contribution in [2.24, 2.45) is 0 Å². The maximum Gasteiger partial charge on any atom is 0.226 e. The fourth-order valence-corrected chi connectivity index (χ4v) is 1.40. The van der Waals surface area contributed by atoms with Crippen molar-refractivity contribution < 1.29 is 4.79 Å². The molecular weight excluding hydrogens is 242 g/mol. The lowest BCUT2D eigenvalue weighted by Gasteiger charge is -2.07. The Labute approximate surface area is 105 Å². The van der Waals surface area contributed by atoms with Gasteiger partial charge in [-0.15, -0.1) is 0 Å². The van der Waals surface area contributed by atoms with E-state index in [2.05, 4.69) is 20.6 Å². The van der Waals surface area contributed by atoms with Crippen molar-refractivity contribution in [1.29, 1.82) is 0 Å². The van der Waals surface area contributed by atoms with Crippen molar-refractivity contribution in [2.45, 2.75) is 19.8 Å². The zero-order chi connectivity index (χ0) is 12.7. The fraction of sp³-hybridized carbons (Fsp3) is 0.500. The summed E-state index contributed by atoms with van der Waals surface area (Å²) < 4.78 is 0. The van der Waals surface area contributed by atoms with Crippen LogP contribution in [0.3, 0.4) is 0 Å². The summed E-state index contributed by atoms with van der Waals surface area (Å²) in [7, 11) is 0. The second-order valence-corrected chi connectivity index (χ2v) is 3.85. The highest BCUT2D eigenvalue weighted by Crippen LogP contribution is 2.10. The average molecular weight is 258 g/mol. The number of carbonyl (C=O) groups excluding carboxylic acids is 1. The molecule has 1 aromatic rings. The van der Waals surface area contributed by atoms with E-state index >= 15 is 0 Å². The first-order valence-corrected chi connectivity index (χ1v) is 5.80. The third-order valence-corrected chi connectivity index (χ3v) is 2.12. The number of anilines is 2. The Kier molecular flexibility index (Phi) is 5.48.